The van der Waals surface area contributed by atoms with Crippen LogP contribution in [0.4, 0.5) is 22.7 Å². The maximum absolute atomic E-state index is 5.01. The first kappa shape index (κ1) is 41.4. The van der Waals surface area contributed by atoms with Crippen molar-refractivity contribution in [2.24, 2.45) is 0 Å². The fourth-order valence-corrected chi connectivity index (χ4v) is 2.31. The van der Waals surface area contributed by atoms with Crippen molar-refractivity contribution in [3.63, 3.8) is 0 Å². The van der Waals surface area contributed by atoms with Gasteiger partial charge >= 0.3 is 85.5 Å². The van der Waals surface area contributed by atoms with Crippen LogP contribution in [-0.4, -0.2) is 28.2 Å². The van der Waals surface area contributed by atoms with Crippen molar-refractivity contribution >= 4 is 77.9 Å². The summed E-state index contributed by atoms with van der Waals surface area (Å²) in [5, 5.41) is 15.9. The SMILES string of the molecule is C[N-]c1ccccc1.C[N-]c1ccccc1.C[N-]c1ccccc1.C[N-]c1ccccc1.[Cl][Ta]([Cl])[Cl].[Cl][Ta]([Cl])[Cl]. The molecule has 0 aliphatic heterocycles. The van der Waals surface area contributed by atoms with E-state index in [1.807, 2.05) is 121 Å². The molecular weight excluding hydrogens is 967 g/mol. The van der Waals surface area contributed by atoms with E-state index in [0.717, 1.165) is 22.7 Å². The van der Waals surface area contributed by atoms with Gasteiger partial charge in [-0.1, -0.05) is 121 Å². The summed E-state index contributed by atoms with van der Waals surface area (Å²) in [6, 6.07) is 39.5. The number of rotatable bonds is 4. The van der Waals surface area contributed by atoms with Crippen LogP contribution in [0.5, 0.6) is 0 Å². The molecule has 0 N–H and O–H groups in total. The van der Waals surface area contributed by atoms with Gasteiger partial charge < -0.3 is 21.3 Å². The molecule has 0 amide bonds. The van der Waals surface area contributed by atoms with Gasteiger partial charge in [0.2, 0.25) is 0 Å². The normalized spacial score (nSPS) is 8.70. The molecule has 0 heterocycles. The Kier molecular flexibility index (Phi) is 32.4. The summed E-state index contributed by atoms with van der Waals surface area (Å²) in [6.07, 6.45) is 0. The molecule has 0 fully saturated rings. The average molecular weight is 999 g/mol. The van der Waals surface area contributed by atoms with E-state index in [0.29, 0.717) is 0 Å². The van der Waals surface area contributed by atoms with E-state index in [9.17, 15) is 0 Å². The molecule has 0 bridgehead atoms. The number of hydrogen-bond acceptors (Lipinski definition) is 0. The van der Waals surface area contributed by atoms with Gasteiger partial charge in [0.1, 0.15) is 0 Å². The van der Waals surface area contributed by atoms with Gasteiger partial charge in [-0.25, -0.2) is 0 Å². The predicted molar refractivity (Wildman–Crippen MR) is 177 cm³/mol. The molecule has 0 saturated heterocycles. The molecule has 12 heteroatoms. The first-order valence-corrected chi connectivity index (χ1v) is 35.2. The standard InChI is InChI=1S/4C7H8N.6ClH.2Ta/c4*1-8-7-5-3-2-4-6-7;;;;;;;;/h4*2-6H,1H3;6*1H;;/q4*-1;;;;;;;2*+3/p-6. The van der Waals surface area contributed by atoms with E-state index in [-0.39, 0.29) is 0 Å². The molecule has 0 aromatic heterocycles. The van der Waals surface area contributed by atoms with Crippen molar-refractivity contribution in [1.82, 2.24) is 0 Å². The van der Waals surface area contributed by atoms with Crippen LogP contribution in [0.1, 0.15) is 0 Å². The molecule has 0 aliphatic carbocycles. The van der Waals surface area contributed by atoms with Gasteiger partial charge in [-0.15, -0.1) is 50.9 Å². The third-order valence-corrected chi connectivity index (χ3v) is 4.06. The van der Waals surface area contributed by atoms with Gasteiger partial charge in [-0.3, -0.25) is 0 Å². The van der Waals surface area contributed by atoms with Gasteiger partial charge in [-0.2, -0.15) is 0 Å². The molecule has 4 nitrogen and oxygen atoms in total. The molecule has 0 atom stereocenters. The molecule has 40 heavy (non-hydrogen) atoms. The zero-order chi connectivity index (χ0) is 30.4. The van der Waals surface area contributed by atoms with Crippen LogP contribution in [0.2, 0.25) is 0 Å². The van der Waals surface area contributed by atoms with E-state index >= 15 is 0 Å². The maximum atomic E-state index is 5.01. The summed E-state index contributed by atoms with van der Waals surface area (Å²) in [4.78, 5) is 0. The minimum atomic E-state index is -2.18. The van der Waals surface area contributed by atoms with Gasteiger partial charge in [-0.05, 0) is 0 Å². The van der Waals surface area contributed by atoms with Crippen LogP contribution in [0.3, 0.4) is 0 Å². The van der Waals surface area contributed by atoms with Gasteiger partial charge in [0, 0.05) is 0 Å². The minimum absolute atomic E-state index is 1.03. The summed E-state index contributed by atoms with van der Waals surface area (Å²) in [7, 11) is 37.2. The third kappa shape index (κ3) is 31.8. The van der Waals surface area contributed by atoms with E-state index in [1.165, 1.54) is 0 Å². The molecule has 4 aromatic carbocycles. The number of halogens is 6. The second-order valence-corrected chi connectivity index (χ2v) is 34.5. The van der Waals surface area contributed by atoms with Crippen LogP contribution in [0, 0.1) is 0 Å². The summed E-state index contributed by atoms with van der Waals surface area (Å²) in [5.41, 5.74) is 4.14. The van der Waals surface area contributed by atoms with Crippen molar-refractivity contribution < 1.29 is 30.4 Å². The van der Waals surface area contributed by atoms with E-state index in [4.69, 9.17) is 55.1 Å². The molecule has 0 aliphatic rings. The zero-order valence-corrected chi connectivity index (χ0v) is 33.5. The molecule has 4 rings (SSSR count). The Morgan fingerprint density at radius 1 is 0.325 bits per heavy atom. The Labute approximate surface area is 276 Å². The average Bonchev–Trinajstić information content (AvgIpc) is 2.99. The second kappa shape index (κ2) is 31.2. The zero-order valence-electron chi connectivity index (χ0n) is 22.5. The topological polar surface area (TPSA) is 56.4 Å². The Bertz CT molecular complexity index is 854. The predicted octanol–water partition coefficient (Wildman–Crippen LogP) is 13.4. The van der Waals surface area contributed by atoms with Crippen molar-refractivity contribution in [3.8, 4) is 0 Å². The van der Waals surface area contributed by atoms with Crippen LogP contribution >= 0.6 is 55.1 Å². The molecule has 0 saturated carbocycles. The van der Waals surface area contributed by atoms with Gasteiger partial charge in [0.25, 0.3) is 0 Å². The van der Waals surface area contributed by atoms with Crippen molar-refractivity contribution in [2.75, 3.05) is 28.2 Å². The Hall–Kier alpha value is -0.699. The summed E-state index contributed by atoms with van der Waals surface area (Å²) in [5.74, 6) is 0. The number of nitrogens with zero attached hydrogens (tertiary/aromatic N) is 4. The van der Waals surface area contributed by atoms with Gasteiger partial charge in [0.15, 0.2) is 0 Å². The fourth-order valence-electron chi connectivity index (χ4n) is 2.31. The summed E-state index contributed by atoms with van der Waals surface area (Å²) < 4.78 is 0. The number of para-hydroxylation sites is 4. The Balaban J connectivity index is 0. The van der Waals surface area contributed by atoms with Crippen LogP contribution in [-0.2, 0) is 30.4 Å². The molecule has 0 spiro atoms. The first-order chi connectivity index (χ1) is 19.2. The fraction of sp³-hybridized carbons (Fsp3) is 0.143. The molecule has 0 radical (unpaired) electrons. The van der Waals surface area contributed by atoms with E-state index in [2.05, 4.69) is 21.3 Å². The molecule has 0 unspecified atom stereocenters. The molecule has 220 valence electrons. The van der Waals surface area contributed by atoms with Crippen LogP contribution < -0.4 is 0 Å². The molecule has 4 aromatic rings. The number of benzene rings is 4. The van der Waals surface area contributed by atoms with E-state index < -0.39 is 30.4 Å². The quantitative estimate of drug-likeness (QED) is 0.196. The monoisotopic (exact) mass is 996 g/mol. The summed E-state index contributed by atoms with van der Waals surface area (Å²) in [6.45, 7) is 0. The van der Waals surface area contributed by atoms with E-state index in [1.54, 1.807) is 28.2 Å². The first-order valence-electron chi connectivity index (χ1n) is 11.3. The Morgan fingerprint density at radius 2 is 0.450 bits per heavy atom. The van der Waals surface area contributed by atoms with Crippen molar-refractivity contribution in [2.45, 2.75) is 0 Å². The third-order valence-electron chi connectivity index (χ3n) is 4.06. The van der Waals surface area contributed by atoms with Crippen LogP contribution in [0.15, 0.2) is 121 Å². The van der Waals surface area contributed by atoms with Crippen molar-refractivity contribution in [1.29, 1.82) is 0 Å². The molecular formula is C28H32Cl6N4Ta2-4. The Morgan fingerprint density at radius 3 is 0.525 bits per heavy atom. The van der Waals surface area contributed by atoms with Crippen molar-refractivity contribution in [3.05, 3.63) is 143 Å². The summed E-state index contributed by atoms with van der Waals surface area (Å²) >= 11 is -4.35. The second-order valence-electron chi connectivity index (χ2n) is 6.62. The number of hydrogen-bond donors (Lipinski definition) is 0. The van der Waals surface area contributed by atoms with Crippen LogP contribution in [0.25, 0.3) is 21.3 Å². The van der Waals surface area contributed by atoms with Gasteiger partial charge in [0.05, 0.1) is 0 Å².